The fraction of sp³-hybridized carbons (Fsp3) is 0.650. The summed E-state index contributed by atoms with van der Waals surface area (Å²) in [4.78, 5) is 15.1. The highest BCUT2D eigenvalue weighted by Crippen LogP contribution is 2.25. The maximum atomic E-state index is 12.7. The van der Waals surface area contributed by atoms with Gasteiger partial charge < -0.3 is 5.32 Å². The molecule has 1 aliphatic rings. The summed E-state index contributed by atoms with van der Waals surface area (Å²) in [6.07, 6.45) is 2.01. The Kier molecular flexibility index (Phi) is 7.60. The Morgan fingerprint density at radius 1 is 1.20 bits per heavy atom. The highest BCUT2D eigenvalue weighted by molar-refractivity contribution is 6.42. The second kappa shape index (κ2) is 9.25. The minimum absolute atomic E-state index is 0.0662. The van der Waals surface area contributed by atoms with Crippen LogP contribution in [0.2, 0.25) is 10.0 Å². The van der Waals surface area contributed by atoms with Gasteiger partial charge in [-0.05, 0) is 48.9 Å². The van der Waals surface area contributed by atoms with Crippen molar-refractivity contribution in [3.05, 3.63) is 33.8 Å². The number of hydrogen-bond acceptors (Lipinski definition) is 2. The maximum Gasteiger partial charge on any atom is 0.224 e. The van der Waals surface area contributed by atoms with Gasteiger partial charge in [-0.1, -0.05) is 57.0 Å². The van der Waals surface area contributed by atoms with Crippen molar-refractivity contribution in [1.29, 1.82) is 0 Å². The number of likely N-dealkylation sites (tertiary alicyclic amines) is 1. The van der Waals surface area contributed by atoms with Gasteiger partial charge in [0.25, 0.3) is 0 Å². The minimum Gasteiger partial charge on any atom is -0.353 e. The van der Waals surface area contributed by atoms with Crippen molar-refractivity contribution in [2.45, 2.75) is 53.1 Å². The molecular weight excluding hydrogens is 355 g/mol. The number of nitrogens with zero attached hydrogens (tertiary/aromatic N) is 1. The van der Waals surface area contributed by atoms with E-state index in [2.05, 4.69) is 37.9 Å². The Bertz CT molecular complexity index is 581. The molecule has 0 aliphatic carbocycles. The summed E-state index contributed by atoms with van der Waals surface area (Å²) in [5.41, 5.74) is 1.14. The largest absolute Gasteiger partial charge is 0.353 e. The molecule has 1 atom stereocenters. The van der Waals surface area contributed by atoms with Crippen molar-refractivity contribution in [2.75, 3.05) is 13.1 Å². The molecule has 0 saturated carbocycles. The zero-order valence-corrected chi connectivity index (χ0v) is 17.2. The number of carbonyl (C=O) groups excluding carboxylic acids is 1. The quantitative estimate of drug-likeness (QED) is 0.747. The predicted octanol–water partition coefficient (Wildman–Crippen LogP) is 5.00. The second-order valence-corrected chi connectivity index (χ2v) is 8.66. The van der Waals surface area contributed by atoms with E-state index in [-0.39, 0.29) is 17.9 Å². The molecule has 1 amide bonds. The summed E-state index contributed by atoms with van der Waals surface area (Å²) in [7, 11) is 0. The van der Waals surface area contributed by atoms with Gasteiger partial charge in [0.05, 0.1) is 16.0 Å². The first-order valence-corrected chi connectivity index (χ1v) is 10.00. The van der Waals surface area contributed by atoms with Crippen molar-refractivity contribution in [2.24, 2.45) is 17.8 Å². The molecule has 0 aromatic heterocycles. The molecular formula is C20H30Cl2N2O. The van der Waals surface area contributed by atoms with Gasteiger partial charge in [-0.3, -0.25) is 9.69 Å². The summed E-state index contributed by atoms with van der Waals surface area (Å²) < 4.78 is 0. The molecule has 2 rings (SSSR count). The maximum absolute atomic E-state index is 12.7. The number of nitrogens with one attached hydrogen (secondary N) is 1. The number of carbonyl (C=O) groups is 1. The van der Waals surface area contributed by atoms with Gasteiger partial charge in [0, 0.05) is 19.1 Å². The van der Waals surface area contributed by atoms with Crippen LogP contribution in [0, 0.1) is 17.8 Å². The molecule has 140 valence electrons. The first-order valence-electron chi connectivity index (χ1n) is 9.24. The van der Waals surface area contributed by atoms with E-state index in [0.717, 1.165) is 38.0 Å². The topological polar surface area (TPSA) is 32.3 Å². The third-order valence-corrected chi connectivity index (χ3v) is 5.75. The minimum atomic E-state index is 0.0662. The third-order valence-electron chi connectivity index (χ3n) is 5.01. The molecule has 25 heavy (non-hydrogen) atoms. The summed E-state index contributed by atoms with van der Waals surface area (Å²) >= 11 is 12.1. The van der Waals surface area contributed by atoms with E-state index >= 15 is 0 Å². The van der Waals surface area contributed by atoms with Crippen molar-refractivity contribution in [3.8, 4) is 0 Å². The average Bonchev–Trinajstić information content (AvgIpc) is 2.55. The molecule has 1 aromatic carbocycles. The lowest BCUT2D eigenvalue weighted by Gasteiger charge is -2.34. The molecule has 3 nitrogen and oxygen atoms in total. The van der Waals surface area contributed by atoms with Gasteiger partial charge in [0.15, 0.2) is 0 Å². The summed E-state index contributed by atoms with van der Waals surface area (Å²) in [5.74, 6) is 1.16. The molecule has 5 heteroatoms. The highest BCUT2D eigenvalue weighted by atomic mass is 35.5. The lowest BCUT2D eigenvalue weighted by Crippen LogP contribution is -2.48. The molecule has 1 heterocycles. The van der Waals surface area contributed by atoms with Gasteiger partial charge in [-0.15, -0.1) is 0 Å². The average molecular weight is 385 g/mol. The van der Waals surface area contributed by atoms with Crippen molar-refractivity contribution >= 4 is 29.1 Å². The number of hydrogen-bond donors (Lipinski definition) is 1. The molecule has 1 N–H and O–H groups in total. The first-order chi connectivity index (χ1) is 11.8. The molecule has 1 aromatic rings. The SMILES string of the molecule is CC(C)C(NC(=O)C1CCCN(Cc2ccc(Cl)c(Cl)c2)C1)C(C)C. The van der Waals surface area contributed by atoms with Crippen molar-refractivity contribution in [1.82, 2.24) is 10.2 Å². The van der Waals surface area contributed by atoms with E-state index < -0.39 is 0 Å². The van der Waals surface area contributed by atoms with Crippen LogP contribution in [0.4, 0.5) is 0 Å². The smallest absolute Gasteiger partial charge is 0.224 e. The summed E-state index contributed by atoms with van der Waals surface area (Å²) in [5, 5.41) is 4.45. The zero-order valence-electron chi connectivity index (χ0n) is 15.7. The van der Waals surface area contributed by atoms with E-state index in [1.165, 1.54) is 0 Å². The number of rotatable bonds is 6. The molecule has 1 aliphatic heterocycles. The second-order valence-electron chi connectivity index (χ2n) is 7.85. The first kappa shape index (κ1) is 20.5. The van der Waals surface area contributed by atoms with Gasteiger partial charge in [0.2, 0.25) is 5.91 Å². The Balaban J connectivity index is 1.95. The Labute approximate surface area is 162 Å². The lowest BCUT2D eigenvalue weighted by molar-refractivity contribution is -0.128. The van der Waals surface area contributed by atoms with Gasteiger partial charge in [0.1, 0.15) is 0 Å². The number of halogens is 2. The van der Waals surface area contributed by atoms with Crippen LogP contribution in [-0.4, -0.2) is 29.9 Å². The van der Waals surface area contributed by atoms with Crippen LogP contribution in [-0.2, 0) is 11.3 Å². The van der Waals surface area contributed by atoms with Gasteiger partial charge >= 0.3 is 0 Å². The van der Waals surface area contributed by atoms with Gasteiger partial charge in [-0.2, -0.15) is 0 Å². The number of amides is 1. The predicted molar refractivity (Wildman–Crippen MR) is 106 cm³/mol. The van der Waals surface area contributed by atoms with Crippen LogP contribution in [0.3, 0.4) is 0 Å². The van der Waals surface area contributed by atoms with E-state index in [4.69, 9.17) is 23.2 Å². The molecule has 0 radical (unpaired) electrons. The molecule has 0 spiro atoms. The summed E-state index contributed by atoms with van der Waals surface area (Å²) in [6.45, 7) is 11.3. The molecule has 0 bridgehead atoms. The standard InChI is InChI=1S/C20H30Cl2N2O/c1-13(2)19(14(3)4)23-20(25)16-6-5-9-24(12-16)11-15-7-8-17(21)18(22)10-15/h7-8,10,13-14,16,19H,5-6,9,11-12H2,1-4H3,(H,23,25). The van der Waals surface area contributed by atoms with E-state index in [1.807, 2.05) is 18.2 Å². The molecule has 1 unspecified atom stereocenters. The Morgan fingerprint density at radius 3 is 2.48 bits per heavy atom. The van der Waals surface area contributed by atoms with Crippen LogP contribution < -0.4 is 5.32 Å². The van der Waals surface area contributed by atoms with E-state index in [1.54, 1.807) is 0 Å². The van der Waals surface area contributed by atoms with Crippen molar-refractivity contribution < 1.29 is 4.79 Å². The van der Waals surface area contributed by atoms with Crippen LogP contribution in [0.5, 0.6) is 0 Å². The Morgan fingerprint density at radius 2 is 1.88 bits per heavy atom. The fourth-order valence-corrected chi connectivity index (χ4v) is 4.02. The van der Waals surface area contributed by atoms with E-state index in [9.17, 15) is 4.79 Å². The molecule has 1 saturated heterocycles. The van der Waals surface area contributed by atoms with Gasteiger partial charge in [-0.25, -0.2) is 0 Å². The van der Waals surface area contributed by atoms with Crippen LogP contribution >= 0.6 is 23.2 Å². The third kappa shape index (κ3) is 5.87. The monoisotopic (exact) mass is 384 g/mol. The Hall–Kier alpha value is -0.770. The van der Waals surface area contributed by atoms with Crippen molar-refractivity contribution in [3.63, 3.8) is 0 Å². The fourth-order valence-electron chi connectivity index (χ4n) is 3.69. The summed E-state index contributed by atoms with van der Waals surface area (Å²) in [6, 6.07) is 5.99. The molecule has 1 fully saturated rings. The number of benzene rings is 1. The number of piperidine rings is 1. The van der Waals surface area contributed by atoms with Crippen LogP contribution in [0.1, 0.15) is 46.1 Å². The lowest BCUT2D eigenvalue weighted by atomic mass is 9.91. The normalized spacial score (nSPS) is 19.0. The van der Waals surface area contributed by atoms with E-state index in [0.29, 0.717) is 21.9 Å². The van der Waals surface area contributed by atoms with Crippen LogP contribution in [0.25, 0.3) is 0 Å². The highest BCUT2D eigenvalue weighted by Gasteiger charge is 2.28. The van der Waals surface area contributed by atoms with Crippen LogP contribution in [0.15, 0.2) is 18.2 Å². The zero-order chi connectivity index (χ0) is 18.6.